The third-order valence-electron chi connectivity index (χ3n) is 2.93. The lowest BCUT2D eigenvalue weighted by Crippen LogP contribution is -2.15. The first kappa shape index (κ1) is 12.4. The molecule has 0 heterocycles. The van der Waals surface area contributed by atoms with E-state index in [1.807, 2.05) is 18.2 Å². The van der Waals surface area contributed by atoms with Gasteiger partial charge >= 0.3 is 0 Å². The fraction of sp³-hybridized carbons (Fsp3) is 0.267. The van der Waals surface area contributed by atoms with E-state index in [1.54, 1.807) is 7.11 Å². The minimum Gasteiger partial charge on any atom is -0.496 e. The van der Waals surface area contributed by atoms with Crippen LogP contribution in [0.25, 0.3) is 10.8 Å². The molecule has 0 aromatic heterocycles. The van der Waals surface area contributed by atoms with Gasteiger partial charge in [0.05, 0.1) is 13.2 Å². The average Bonchev–Trinajstić information content (AvgIpc) is 2.43. The third-order valence-corrected chi connectivity index (χ3v) is 2.93. The van der Waals surface area contributed by atoms with E-state index in [-0.39, 0.29) is 0 Å². The summed E-state index contributed by atoms with van der Waals surface area (Å²) in [5.74, 6) is 0.887. The quantitative estimate of drug-likeness (QED) is 0.817. The van der Waals surface area contributed by atoms with E-state index >= 15 is 0 Å². The monoisotopic (exact) mass is 240 g/mol. The lowest BCUT2D eigenvalue weighted by Gasteiger charge is -2.12. The Morgan fingerprint density at radius 1 is 1.22 bits per heavy atom. The van der Waals surface area contributed by atoms with Gasteiger partial charge in [-0.3, -0.25) is 0 Å². The van der Waals surface area contributed by atoms with Crippen LogP contribution in [0.3, 0.4) is 0 Å². The standard InChI is InChI=1S/C15H16N2O/c1-18-15-8-7-12-5-2-3-6-13(12)14(15)11-17-10-4-9-16/h2-3,5-8,17H,4,10-11H2,1H3. The van der Waals surface area contributed by atoms with E-state index in [2.05, 4.69) is 29.6 Å². The summed E-state index contributed by atoms with van der Waals surface area (Å²) < 4.78 is 5.41. The highest BCUT2D eigenvalue weighted by Crippen LogP contribution is 2.27. The van der Waals surface area contributed by atoms with Crippen LogP contribution in [0.15, 0.2) is 36.4 Å². The molecule has 0 unspecified atom stereocenters. The molecule has 18 heavy (non-hydrogen) atoms. The second-order valence-electron chi connectivity index (χ2n) is 4.05. The smallest absolute Gasteiger partial charge is 0.123 e. The van der Waals surface area contributed by atoms with Crippen molar-refractivity contribution in [2.24, 2.45) is 0 Å². The number of rotatable bonds is 5. The Kier molecular flexibility index (Phi) is 4.16. The number of hydrogen-bond donors (Lipinski definition) is 1. The van der Waals surface area contributed by atoms with Gasteiger partial charge in [0.1, 0.15) is 5.75 Å². The summed E-state index contributed by atoms with van der Waals surface area (Å²) in [6.45, 7) is 1.41. The van der Waals surface area contributed by atoms with Gasteiger partial charge < -0.3 is 10.1 Å². The zero-order valence-electron chi connectivity index (χ0n) is 10.4. The Morgan fingerprint density at radius 3 is 2.83 bits per heavy atom. The Balaban J connectivity index is 2.30. The van der Waals surface area contributed by atoms with Crippen molar-refractivity contribution in [3.05, 3.63) is 42.0 Å². The van der Waals surface area contributed by atoms with Crippen molar-refractivity contribution in [3.8, 4) is 11.8 Å². The van der Waals surface area contributed by atoms with E-state index in [4.69, 9.17) is 10.00 Å². The highest BCUT2D eigenvalue weighted by Gasteiger charge is 2.07. The summed E-state index contributed by atoms with van der Waals surface area (Å²) in [4.78, 5) is 0. The SMILES string of the molecule is COc1ccc2ccccc2c1CNCCC#N. The number of nitrogens with zero attached hydrogens (tertiary/aromatic N) is 1. The molecule has 0 bridgehead atoms. The average molecular weight is 240 g/mol. The summed E-state index contributed by atoms with van der Waals surface area (Å²) in [6.07, 6.45) is 0.521. The molecule has 0 saturated carbocycles. The van der Waals surface area contributed by atoms with E-state index in [0.29, 0.717) is 19.5 Å². The molecule has 0 aliphatic carbocycles. The minimum atomic E-state index is 0.521. The molecule has 92 valence electrons. The first-order valence-corrected chi connectivity index (χ1v) is 5.99. The maximum atomic E-state index is 8.52. The molecule has 0 radical (unpaired) electrons. The third kappa shape index (κ3) is 2.61. The first-order chi connectivity index (χ1) is 8.86. The molecule has 0 atom stereocenters. The number of hydrogen-bond acceptors (Lipinski definition) is 3. The van der Waals surface area contributed by atoms with Crippen molar-refractivity contribution in [3.63, 3.8) is 0 Å². The molecule has 3 heteroatoms. The molecule has 3 nitrogen and oxygen atoms in total. The zero-order chi connectivity index (χ0) is 12.8. The lowest BCUT2D eigenvalue weighted by molar-refractivity contribution is 0.409. The van der Waals surface area contributed by atoms with Crippen LogP contribution in [0, 0.1) is 11.3 Å². The van der Waals surface area contributed by atoms with E-state index in [0.717, 1.165) is 11.3 Å². The number of methoxy groups -OCH3 is 1. The summed E-state index contributed by atoms with van der Waals surface area (Å²) in [5.41, 5.74) is 1.15. The highest BCUT2D eigenvalue weighted by atomic mass is 16.5. The lowest BCUT2D eigenvalue weighted by atomic mass is 10.0. The van der Waals surface area contributed by atoms with Gasteiger partial charge in [0.2, 0.25) is 0 Å². The number of nitrogens with one attached hydrogen (secondary N) is 1. The van der Waals surface area contributed by atoms with E-state index < -0.39 is 0 Å². The van der Waals surface area contributed by atoms with Crippen molar-refractivity contribution >= 4 is 10.8 Å². The van der Waals surface area contributed by atoms with Crippen LogP contribution >= 0.6 is 0 Å². The van der Waals surface area contributed by atoms with Crippen LogP contribution < -0.4 is 10.1 Å². The molecular weight excluding hydrogens is 224 g/mol. The van der Waals surface area contributed by atoms with Crippen LogP contribution in [0.1, 0.15) is 12.0 Å². The number of fused-ring (bicyclic) bond motifs is 1. The molecule has 2 rings (SSSR count). The number of ether oxygens (including phenoxy) is 1. The van der Waals surface area contributed by atoms with Gasteiger partial charge in [0, 0.05) is 25.1 Å². The van der Waals surface area contributed by atoms with Gasteiger partial charge in [-0.2, -0.15) is 5.26 Å². The van der Waals surface area contributed by atoms with Crippen LogP contribution in [0.2, 0.25) is 0 Å². The molecule has 0 fully saturated rings. The number of nitriles is 1. The Bertz CT molecular complexity index is 572. The van der Waals surface area contributed by atoms with Crippen LogP contribution in [-0.4, -0.2) is 13.7 Å². The van der Waals surface area contributed by atoms with Gasteiger partial charge in [-0.05, 0) is 16.8 Å². The Morgan fingerprint density at radius 2 is 2.06 bits per heavy atom. The first-order valence-electron chi connectivity index (χ1n) is 5.99. The molecule has 0 spiro atoms. The fourth-order valence-corrected chi connectivity index (χ4v) is 2.05. The van der Waals surface area contributed by atoms with Crippen molar-refractivity contribution < 1.29 is 4.74 Å². The topological polar surface area (TPSA) is 45.0 Å². The summed E-state index contributed by atoms with van der Waals surface area (Å²) in [7, 11) is 1.68. The fourth-order valence-electron chi connectivity index (χ4n) is 2.05. The van der Waals surface area contributed by atoms with Crippen LogP contribution in [0.4, 0.5) is 0 Å². The van der Waals surface area contributed by atoms with Crippen molar-refractivity contribution in [2.75, 3.05) is 13.7 Å². The molecule has 2 aromatic rings. The predicted octanol–water partition coefficient (Wildman–Crippen LogP) is 2.85. The molecule has 0 amide bonds. The molecule has 0 aliphatic rings. The van der Waals surface area contributed by atoms with Gasteiger partial charge in [-0.1, -0.05) is 30.3 Å². The predicted molar refractivity (Wildman–Crippen MR) is 72.4 cm³/mol. The second kappa shape index (κ2) is 6.04. The van der Waals surface area contributed by atoms with Crippen LogP contribution in [-0.2, 0) is 6.54 Å². The summed E-state index contributed by atoms with van der Waals surface area (Å²) >= 11 is 0. The maximum Gasteiger partial charge on any atom is 0.123 e. The van der Waals surface area contributed by atoms with Gasteiger partial charge in [-0.15, -0.1) is 0 Å². The Hall–Kier alpha value is -2.05. The highest BCUT2D eigenvalue weighted by molar-refractivity contribution is 5.87. The summed E-state index contributed by atoms with van der Waals surface area (Å²) in [6, 6.07) is 14.4. The van der Waals surface area contributed by atoms with E-state index in [1.165, 1.54) is 10.8 Å². The van der Waals surface area contributed by atoms with Crippen LogP contribution in [0.5, 0.6) is 5.75 Å². The van der Waals surface area contributed by atoms with Gasteiger partial charge in [0.25, 0.3) is 0 Å². The molecule has 1 N–H and O–H groups in total. The molecule has 2 aromatic carbocycles. The maximum absolute atomic E-state index is 8.52. The second-order valence-corrected chi connectivity index (χ2v) is 4.05. The molecule has 0 aliphatic heterocycles. The largest absolute Gasteiger partial charge is 0.496 e. The molecule has 0 saturated heterocycles. The van der Waals surface area contributed by atoms with Crippen molar-refractivity contribution in [1.82, 2.24) is 5.32 Å². The Labute approximate surface area is 107 Å². The summed E-state index contributed by atoms with van der Waals surface area (Å²) in [5, 5.41) is 14.2. The minimum absolute atomic E-state index is 0.521. The van der Waals surface area contributed by atoms with E-state index in [9.17, 15) is 0 Å². The van der Waals surface area contributed by atoms with Gasteiger partial charge in [-0.25, -0.2) is 0 Å². The number of benzene rings is 2. The van der Waals surface area contributed by atoms with Crippen molar-refractivity contribution in [2.45, 2.75) is 13.0 Å². The van der Waals surface area contributed by atoms with Crippen molar-refractivity contribution in [1.29, 1.82) is 5.26 Å². The normalized spacial score (nSPS) is 10.2. The zero-order valence-corrected chi connectivity index (χ0v) is 10.4. The molecular formula is C15H16N2O. The van der Waals surface area contributed by atoms with Gasteiger partial charge in [0.15, 0.2) is 0 Å².